The smallest absolute Gasteiger partial charge is 0.152 e. The lowest BCUT2D eigenvalue weighted by Gasteiger charge is -2.13. The van der Waals surface area contributed by atoms with Crippen molar-refractivity contribution in [1.82, 2.24) is 4.98 Å². The fourth-order valence-electron chi connectivity index (χ4n) is 1.33. The summed E-state index contributed by atoms with van der Waals surface area (Å²) in [6.45, 7) is 6.34. The minimum Gasteiger partial charge on any atom is -0.459 e. The highest BCUT2D eigenvalue weighted by Crippen LogP contribution is 2.29. The Morgan fingerprint density at radius 1 is 1.29 bits per heavy atom. The molecule has 2 heterocycles. The molecule has 0 atom stereocenters. The van der Waals surface area contributed by atoms with Gasteiger partial charge in [-0.05, 0) is 12.1 Å². The maximum Gasteiger partial charge on any atom is 0.152 e. The zero-order valence-corrected chi connectivity index (χ0v) is 8.66. The minimum atomic E-state index is 0.0216. The number of nitrogen functional groups attached to an aromatic ring is 1. The van der Waals surface area contributed by atoms with Crippen molar-refractivity contribution in [3.63, 3.8) is 0 Å². The number of hydrogen-bond donors (Lipinski definition) is 1. The number of fused-ring (bicyclic) bond motifs is 1. The maximum absolute atomic E-state index is 5.67. The Balaban J connectivity index is 2.63. The molecule has 0 radical (unpaired) electrons. The molecule has 0 aliphatic heterocycles. The highest BCUT2D eigenvalue weighted by molar-refractivity contribution is 5.79. The number of aromatic nitrogens is 1. The van der Waals surface area contributed by atoms with Crippen molar-refractivity contribution >= 4 is 16.8 Å². The van der Waals surface area contributed by atoms with Gasteiger partial charge in [0, 0.05) is 10.8 Å². The van der Waals surface area contributed by atoms with Crippen molar-refractivity contribution in [2.45, 2.75) is 26.2 Å². The minimum absolute atomic E-state index is 0.0216. The normalized spacial score (nSPS) is 12.2. The lowest BCUT2D eigenvalue weighted by atomic mass is 9.93. The van der Waals surface area contributed by atoms with E-state index in [1.165, 1.54) is 0 Å². The molecular formula is C11H14N2O. The van der Waals surface area contributed by atoms with Crippen LogP contribution in [0.3, 0.4) is 0 Å². The first-order valence-electron chi connectivity index (χ1n) is 4.62. The molecule has 2 rings (SSSR count). The summed E-state index contributed by atoms with van der Waals surface area (Å²) in [7, 11) is 0. The van der Waals surface area contributed by atoms with Gasteiger partial charge in [0.05, 0.1) is 6.20 Å². The van der Waals surface area contributed by atoms with Gasteiger partial charge in [-0.2, -0.15) is 0 Å². The van der Waals surface area contributed by atoms with E-state index in [0.29, 0.717) is 5.82 Å². The summed E-state index contributed by atoms with van der Waals surface area (Å²) in [4.78, 5) is 3.99. The van der Waals surface area contributed by atoms with Crippen LogP contribution in [0.1, 0.15) is 26.5 Å². The van der Waals surface area contributed by atoms with E-state index in [9.17, 15) is 0 Å². The second-order valence-corrected chi connectivity index (χ2v) is 4.51. The Bertz CT molecular complexity index is 466. The van der Waals surface area contributed by atoms with Gasteiger partial charge in [0.1, 0.15) is 11.6 Å². The number of nitrogens with zero attached hydrogens (tertiary/aromatic N) is 1. The van der Waals surface area contributed by atoms with E-state index in [1.54, 1.807) is 6.20 Å². The Kier molecular flexibility index (Phi) is 1.77. The monoisotopic (exact) mass is 190 g/mol. The van der Waals surface area contributed by atoms with Gasteiger partial charge in [-0.3, -0.25) is 0 Å². The van der Waals surface area contributed by atoms with Crippen LogP contribution < -0.4 is 5.73 Å². The molecule has 3 nitrogen and oxygen atoms in total. The fraction of sp³-hybridized carbons (Fsp3) is 0.364. The van der Waals surface area contributed by atoms with Crippen LogP contribution in [-0.2, 0) is 5.41 Å². The summed E-state index contributed by atoms with van der Waals surface area (Å²) in [6.07, 6.45) is 1.67. The molecule has 0 amide bonds. The molecule has 0 aromatic carbocycles. The average Bonchev–Trinajstić information content (AvgIpc) is 2.45. The predicted molar refractivity (Wildman–Crippen MR) is 57.1 cm³/mol. The number of furan rings is 1. The molecule has 0 bridgehead atoms. The molecule has 0 fully saturated rings. The summed E-state index contributed by atoms with van der Waals surface area (Å²) in [5, 5.41) is 1.02. The molecular weight excluding hydrogens is 176 g/mol. The SMILES string of the molecule is CC(C)(C)c1cc2cc(N)ncc2o1. The van der Waals surface area contributed by atoms with Crippen LogP contribution >= 0.6 is 0 Å². The van der Waals surface area contributed by atoms with Gasteiger partial charge in [-0.25, -0.2) is 4.98 Å². The average molecular weight is 190 g/mol. The molecule has 0 unspecified atom stereocenters. The van der Waals surface area contributed by atoms with E-state index in [0.717, 1.165) is 16.7 Å². The molecule has 74 valence electrons. The third-order valence-corrected chi connectivity index (χ3v) is 2.16. The molecule has 0 saturated carbocycles. The van der Waals surface area contributed by atoms with Crippen LogP contribution in [0.25, 0.3) is 11.0 Å². The lowest BCUT2D eigenvalue weighted by Crippen LogP contribution is -2.08. The summed E-state index contributed by atoms with van der Waals surface area (Å²) in [5.74, 6) is 1.48. The van der Waals surface area contributed by atoms with Gasteiger partial charge >= 0.3 is 0 Å². The summed E-state index contributed by atoms with van der Waals surface area (Å²) < 4.78 is 5.67. The molecule has 2 N–H and O–H groups in total. The molecule has 0 aliphatic carbocycles. The van der Waals surface area contributed by atoms with Crippen LogP contribution in [0.15, 0.2) is 22.7 Å². The standard InChI is InChI=1S/C11H14N2O/c1-11(2,3)9-4-7-5-10(12)13-6-8(7)14-9/h4-6H,1-3H3,(H2,12,13). The first kappa shape index (κ1) is 9.06. The van der Waals surface area contributed by atoms with E-state index < -0.39 is 0 Å². The van der Waals surface area contributed by atoms with Gasteiger partial charge in [0.25, 0.3) is 0 Å². The quantitative estimate of drug-likeness (QED) is 0.694. The zero-order chi connectivity index (χ0) is 10.3. The molecule has 2 aromatic rings. The largest absolute Gasteiger partial charge is 0.459 e. The second-order valence-electron chi connectivity index (χ2n) is 4.51. The van der Waals surface area contributed by atoms with Crippen LogP contribution in [0, 0.1) is 0 Å². The van der Waals surface area contributed by atoms with Gasteiger partial charge in [0.2, 0.25) is 0 Å². The third kappa shape index (κ3) is 1.45. The van der Waals surface area contributed by atoms with E-state index in [2.05, 4.69) is 25.8 Å². The van der Waals surface area contributed by atoms with E-state index >= 15 is 0 Å². The second kappa shape index (κ2) is 2.74. The maximum atomic E-state index is 5.67. The molecule has 0 spiro atoms. The van der Waals surface area contributed by atoms with Crippen molar-refractivity contribution in [2.24, 2.45) is 0 Å². The van der Waals surface area contributed by atoms with Crippen molar-refractivity contribution in [3.05, 3.63) is 24.1 Å². The van der Waals surface area contributed by atoms with Crippen LogP contribution in [0.5, 0.6) is 0 Å². The molecule has 3 heteroatoms. The number of hydrogen-bond acceptors (Lipinski definition) is 3. The van der Waals surface area contributed by atoms with Crippen LogP contribution in [0.4, 0.5) is 5.82 Å². The van der Waals surface area contributed by atoms with Crippen molar-refractivity contribution in [1.29, 1.82) is 0 Å². The summed E-state index contributed by atoms with van der Waals surface area (Å²) in [6, 6.07) is 3.85. The van der Waals surface area contributed by atoms with E-state index in [4.69, 9.17) is 10.2 Å². The highest BCUT2D eigenvalue weighted by Gasteiger charge is 2.18. The topological polar surface area (TPSA) is 52.0 Å². The van der Waals surface area contributed by atoms with Crippen LogP contribution in [-0.4, -0.2) is 4.98 Å². The van der Waals surface area contributed by atoms with Crippen LogP contribution in [0.2, 0.25) is 0 Å². The van der Waals surface area contributed by atoms with Gasteiger partial charge < -0.3 is 10.2 Å². The van der Waals surface area contributed by atoms with E-state index in [-0.39, 0.29) is 5.41 Å². The fourth-order valence-corrected chi connectivity index (χ4v) is 1.33. The number of nitrogens with two attached hydrogens (primary N) is 1. The molecule has 2 aromatic heterocycles. The zero-order valence-electron chi connectivity index (χ0n) is 8.66. The Hall–Kier alpha value is -1.51. The predicted octanol–water partition coefficient (Wildman–Crippen LogP) is 2.71. The Morgan fingerprint density at radius 2 is 2.00 bits per heavy atom. The highest BCUT2D eigenvalue weighted by atomic mass is 16.3. The first-order valence-corrected chi connectivity index (χ1v) is 4.62. The number of anilines is 1. The van der Waals surface area contributed by atoms with Gasteiger partial charge in [0.15, 0.2) is 5.58 Å². The molecule has 0 aliphatic rings. The summed E-state index contributed by atoms with van der Waals surface area (Å²) in [5.41, 5.74) is 6.41. The first-order chi connectivity index (χ1) is 6.47. The number of rotatable bonds is 0. The van der Waals surface area contributed by atoms with E-state index in [1.807, 2.05) is 12.1 Å². The van der Waals surface area contributed by atoms with Crippen molar-refractivity contribution in [2.75, 3.05) is 5.73 Å². The summed E-state index contributed by atoms with van der Waals surface area (Å²) >= 11 is 0. The van der Waals surface area contributed by atoms with Crippen molar-refractivity contribution < 1.29 is 4.42 Å². The molecule has 14 heavy (non-hydrogen) atoms. The third-order valence-electron chi connectivity index (χ3n) is 2.16. The van der Waals surface area contributed by atoms with Gasteiger partial charge in [-0.1, -0.05) is 20.8 Å². The lowest BCUT2D eigenvalue weighted by molar-refractivity contribution is 0.430. The molecule has 0 saturated heterocycles. The number of pyridine rings is 1. The van der Waals surface area contributed by atoms with Gasteiger partial charge in [-0.15, -0.1) is 0 Å². The Labute approximate surface area is 82.9 Å². The Morgan fingerprint density at radius 3 is 2.64 bits per heavy atom. The van der Waals surface area contributed by atoms with Crippen molar-refractivity contribution in [3.8, 4) is 0 Å².